The maximum absolute atomic E-state index is 12.6. The van der Waals surface area contributed by atoms with Crippen LogP contribution in [0.3, 0.4) is 0 Å². The van der Waals surface area contributed by atoms with Crippen LogP contribution in [0.25, 0.3) is 0 Å². The summed E-state index contributed by atoms with van der Waals surface area (Å²) in [6.45, 7) is 0. The van der Waals surface area contributed by atoms with E-state index in [2.05, 4.69) is 5.32 Å². The molecule has 2 aliphatic rings. The van der Waals surface area contributed by atoms with Gasteiger partial charge in [-0.2, -0.15) is 13.2 Å². The molecule has 2 aliphatic carbocycles. The van der Waals surface area contributed by atoms with E-state index in [-0.39, 0.29) is 30.7 Å². The minimum absolute atomic E-state index is 0.0524. The second-order valence-corrected chi connectivity index (χ2v) is 6.14. The fourth-order valence-electron chi connectivity index (χ4n) is 3.33. The fourth-order valence-corrected chi connectivity index (χ4v) is 3.33. The molecule has 0 radical (unpaired) electrons. The van der Waals surface area contributed by atoms with Crippen molar-refractivity contribution in [3.63, 3.8) is 0 Å². The van der Waals surface area contributed by atoms with Crippen molar-refractivity contribution in [2.75, 3.05) is 0 Å². The van der Waals surface area contributed by atoms with Crippen LogP contribution in [0.15, 0.2) is 0 Å². The van der Waals surface area contributed by atoms with Gasteiger partial charge in [0.15, 0.2) is 0 Å². The smallest absolute Gasteiger partial charge is 0.391 e. The molecule has 0 saturated heterocycles. The Morgan fingerprint density at radius 2 is 1.52 bits per heavy atom. The number of amides is 1. The number of carboxylic acids is 1. The number of carbonyl (C=O) groups is 2. The van der Waals surface area contributed by atoms with E-state index in [0.29, 0.717) is 32.1 Å². The zero-order valence-corrected chi connectivity index (χ0v) is 11.7. The molecule has 1 amide bonds. The average molecular weight is 307 g/mol. The van der Waals surface area contributed by atoms with Crippen LogP contribution in [0, 0.1) is 17.8 Å². The summed E-state index contributed by atoms with van der Waals surface area (Å²) in [6, 6.07) is -0.208. The van der Waals surface area contributed by atoms with Crippen molar-refractivity contribution in [3.8, 4) is 0 Å². The van der Waals surface area contributed by atoms with Crippen LogP contribution < -0.4 is 5.32 Å². The van der Waals surface area contributed by atoms with Crippen molar-refractivity contribution in [2.45, 2.75) is 57.2 Å². The van der Waals surface area contributed by atoms with E-state index >= 15 is 0 Å². The second kappa shape index (κ2) is 6.23. The van der Waals surface area contributed by atoms with E-state index in [4.69, 9.17) is 5.11 Å². The van der Waals surface area contributed by atoms with E-state index < -0.39 is 24.0 Å². The van der Waals surface area contributed by atoms with E-state index in [1.165, 1.54) is 0 Å². The molecular formula is C14H20F3NO3. The number of rotatable bonds is 3. The molecule has 2 saturated carbocycles. The Bertz CT molecular complexity index is 403. The largest absolute Gasteiger partial charge is 0.481 e. The molecule has 0 bridgehead atoms. The van der Waals surface area contributed by atoms with Gasteiger partial charge in [-0.3, -0.25) is 9.59 Å². The Hall–Kier alpha value is -1.27. The van der Waals surface area contributed by atoms with Crippen LogP contribution in [0.4, 0.5) is 13.2 Å². The lowest BCUT2D eigenvalue weighted by Gasteiger charge is -2.30. The molecule has 0 heterocycles. The molecule has 0 unspecified atom stereocenters. The Kier molecular flexibility index (Phi) is 4.78. The highest BCUT2D eigenvalue weighted by atomic mass is 19.4. The predicted octanol–water partition coefficient (Wildman–Crippen LogP) is 2.72. The molecule has 0 aromatic heterocycles. The molecule has 0 aromatic rings. The van der Waals surface area contributed by atoms with Crippen molar-refractivity contribution in [1.82, 2.24) is 5.32 Å². The summed E-state index contributed by atoms with van der Waals surface area (Å²) in [5, 5.41) is 11.7. The Morgan fingerprint density at radius 3 is 2.00 bits per heavy atom. The molecule has 2 N–H and O–H groups in total. The third-order valence-electron chi connectivity index (χ3n) is 4.69. The normalized spacial score (nSPS) is 33.7. The van der Waals surface area contributed by atoms with Gasteiger partial charge in [-0.25, -0.2) is 0 Å². The number of carbonyl (C=O) groups excluding carboxylic acids is 1. The molecule has 2 rings (SSSR count). The van der Waals surface area contributed by atoms with Gasteiger partial charge in [0.25, 0.3) is 0 Å². The molecule has 7 heteroatoms. The molecule has 0 aliphatic heterocycles. The van der Waals surface area contributed by atoms with E-state index in [0.717, 1.165) is 0 Å². The first-order valence-corrected chi connectivity index (χ1v) is 7.37. The Labute approximate surface area is 121 Å². The first-order valence-electron chi connectivity index (χ1n) is 7.37. The number of hydrogen-bond acceptors (Lipinski definition) is 2. The number of nitrogens with one attached hydrogen (secondary N) is 1. The van der Waals surface area contributed by atoms with Gasteiger partial charge < -0.3 is 10.4 Å². The van der Waals surface area contributed by atoms with Crippen LogP contribution in [-0.4, -0.2) is 29.2 Å². The maximum Gasteiger partial charge on any atom is 0.391 e. The van der Waals surface area contributed by atoms with Gasteiger partial charge in [-0.05, 0) is 44.9 Å². The van der Waals surface area contributed by atoms with Gasteiger partial charge in [-0.15, -0.1) is 0 Å². The number of hydrogen-bond donors (Lipinski definition) is 2. The lowest BCUT2D eigenvalue weighted by Crippen LogP contribution is -2.42. The zero-order valence-electron chi connectivity index (χ0n) is 11.7. The fraction of sp³-hybridized carbons (Fsp3) is 0.857. The van der Waals surface area contributed by atoms with Gasteiger partial charge in [0.05, 0.1) is 11.8 Å². The van der Waals surface area contributed by atoms with Crippen LogP contribution in [0.5, 0.6) is 0 Å². The van der Waals surface area contributed by atoms with Gasteiger partial charge in [0, 0.05) is 12.0 Å². The maximum atomic E-state index is 12.6. The van der Waals surface area contributed by atoms with Crippen LogP contribution in [0.1, 0.15) is 44.9 Å². The first kappa shape index (κ1) is 16.1. The van der Waals surface area contributed by atoms with Crippen LogP contribution in [0.2, 0.25) is 0 Å². The van der Waals surface area contributed by atoms with Gasteiger partial charge in [-0.1, -0.05) is 0 Å². The number of carboxylic acid groups (broad SMARTS) is 1. The first-order chi connectivity index (χ1) is 9.77. The average Bonchev–Trinajstić information content (AvgIpc) is 2.88. The van der Waals surface area contributed by atoms with Crippen LogP contribution >= 0.6 is 0 Å². The third kappa shape index (κ3) is 4.11. The Morgan fingerprint density at radius 1 is 0.952 bits per heavy atom. The highest BCUT2D eigenvalue weighted by molar-refractivity contribution is 5.81. The highest BCUT2D eigenvalue weighted by Gasteiger charge is 2.42. The minimum Gasteiger partial charge on any atom is -0.481 e. The standard InChI is InChI=1S/C14H20F3NO3/c15-14(16,17)10-3-5-11(6-4-10)18-12(19)8-1-2-9(7-8)13(20)21/h8-11H,1-7H2,(H,18,19)(H,20,21)/t8-,9+,10?,11?/m1/s1. The monoisotopic (exact) mass is 307 g/mol. The second-order valence-electron chi connectivity index (χ2n) is 6.14. The van der Waals surface area contributed by atoms with Gasteiger partial charge in [0.1, 0.15) is 0 Å². The molecule has 0 spiro atoms. The summed E-state index contributed by atoms with van der Waals surface area (Å²) < 4.78 is 37.7. The van der Waals surface area contributed by atoms with Crippen molar-refractivity contribution < 1.29 is 27.9 Å². The number of halogens is 3. The van der Waals surface area contributed by atoms with Crippen molar-refractivity contribution >= 4 is 11.9 Å². The molecular weight excluding hydrogens is 287 g/mol. The highest BCUT2D eigenvalue weighted by Crippen LogP contribution is 2.38. The summed E-state index contributed by atoms with van der Waals surface area (Å²) >= 11 is 0. The summed E-state index contributed by atoms with van der Waals surface area (Å²) in [7, 11) is 0. The number of aliphatic carboxylic acids is 1. The molecule has 21 heavy (non-hydrogen) atoms. The quantitative estimate of drug-likeness (QED) is 0.842. The minimum atomic E-state index is -4.14. The lowest BCUT2D eigenvalue weighted by molar-refractivity contribution is -0.182. The molecule has 2 fully saturated rings. The van der Waals surface area contributed by atoms with Crippen molar-refractivity contribution in [3.05, 3.63) is 0 Å². The molecule has 120 valence electrons. The topological polar surface area (TPSA) is 66.4 Å². The zero-order chi connectivity index (χ0) is 15.6. The van der Waals surface area contributed by atoms with E-state index in [1.54, 1.807) is 0 Å². The summed E-state index contributed by atoms with van der Waals surface area (Å²) in [5.41, 5.74) is 0. The van der Waals surface area contributed by atoms with E-state index in [9.17, 15) is 22.8 Å². The lowest BCUT2D eigenvalue weighted by atomic mass is 9.85. The summed E-state index contributed by atoms with van der Waals surface area (Å²) in [4.78, 5) is 22.9. The molecule has 4 nitrogen and oxygen atoms in total. The van der Waals surface area contributed by atoms with Gasteiger partial charge >= 0.3 is 12.1 Å². The predicted molar refractivity (Wildman–Crippen MR) is 68.4 cm³/mol. The molecule has 0 aromatic carbocycles. The Balaban J connectivity index is 1.76. The summed E-state index contributed by atoms with van der Waals surface area (Å²) in [5.74, 6) is -3.12. The molecule has 2 atom stereocenters. The van der Waals surface area contributed by atoms with Crippen LogP contribution in [-0.2, 0) is 9.59 Å². The third-order valence-corrected chi connectivity index (χ3v) is 4.69. The summed E-state index contributed by atoms with van der Waals surface area (Å²) in [6.07, 6.45) is -1.99. The van der Waals surface area contributed by atoms with Crippen molar-refractivity contribution in [1.29, 1.82) is 0 Å². The van der Waals surface area contributed by atoms with E-state index in [1.807, 2.05) is 0 Å². The number of alkyl halides is 3. The van der Waals surface area contributed by atoms with Gasteiger partial charge in [0.2, 0.25) is 5.91 Å². The van der Waals surface area contributed by atoms with Crippen molar-refractivity contribution in [2.24, 2.45) is 17.8 Å². The SMILES string of the molecule is O=C(O)[C@H]1CC[C@@H](C(=O)NC2CCC(C(F)(F)F)CC2)C1.